The number of nitrogens with zero attached hydrogens (tertiary/aromatic N) is 2. The molecule has 0 amide bonds. The number of carbonyl (C=O) groups is 1. The van der Waals surface area contributed by atoms with Crippen molar-refractivity contribution in [2.45, 2.75) is 39.7 Å². The molecular formula is C29H34N2O4S. The monoisotopic (exact) mass is 506 g/mol. The smallest absolute Gasteiger partial charge is 0.333 e. The lowest BCUT2D eigenvalue weighted by atomic mass is 9.99. The van der Waals surface area contributed by atoms with Crippen LogP contribution in [-0.2, 0) is 20.8 Å². The summed E-state index contributed by atoms with van der Waals surface area (Å²) in [7, 11) is 1.43. The van der Waals surface area contributed by atoms with Gasteiger partial charge in [0.2, 0.25) is 0 Å². The first kappa shape index (κ1) is 25.9. The van der Waals surface area contributed by atoms with Gasteiger partial charge in [0.05, 0.1) is 31.0 Å². The molecule has 0 N–H and O–H groups in total. The minimum absolute atomic E-state index is 0.280. The van der Waals surface area contributed by atoms with E-state index in [0.29, 0.717) is 25.1 Å². The average molecular weight is 507 g/mol. The summed E-state index contributed by atoms with van der Waals surface area (Å²) in [5, 5.41) is 3.16. The minimum Gasteiger partial charge on any atom is -0.493 e. The molecule has 2 aliphatic heterocycles. The van der Waals surface area contributed by atoms with E-state index in [4.69, 9.17) is 14.2 Å². The number of esters is 1. The molecule has 1 saturated heterocycles. The van der Waals surface area contributed by atoms with Gasteiger partial charge >= 0.3 is 5.97 Å². The zero-order valence-electron chi connectivity index (χ0n) is 21.3. The predicted octanol–water partition coefficient (Wildman–Crippen LogP) is 6.28. The van der Waals surface area contributed by atoms with Crippen LogP contribution in [0, 0.1) is 6.92 Å². The standard InChI is InChI=1S/C25H26N2O3S.C4H8O/c1-4-30-24-8-6-5-7-22(24)18-9-10-23-20(13-18)14-19(25(28)29-3)11-12-27(23)15-21-16-31-17(2)26-21;1-2-4-5-3-1/h5-10,13-14,16H,4,11-12,15H2,1-3H3;1-4H2. The Balaban J connectivity index is 0.000000543. The summed E-state index contributed by atoms with van der Waals surface area (Å²) < 4.78 is 15.8. The molecule has 3 aromatic rings. The number of anilines is 1. The zero-order chi connectivity index (χ0) is 25.3. The fraction of sp³-hybridized carbons (Fsp3) is 0.379. The van der Waals surface area contributed by atoms with Crippen molar-refractivity contribution in [2.75, 3.05) is 38.4 Å². The first-order valence-corrected chi connectivity index (χ1v) is 13.4. The Hall–Kier alpha value is -3.16. The van der Waals surface area contributed by atoms with Crippen molar-refractivity contribution in [2.24, 2.45) is 0 Å². The topological polar surface area (TPSA) is 60.9 Å². The van der Waals surface area contributed by atoms with Gasteiger partial charge in [0.25, 0.3) is 0 Å². The average Bonchev–Trinajstić information content (AvgIpc) is 3.58. The van der Waals surface area contributed by atoms with Crippen molar-refractivity contribution in [3.63, 3.8) is 0 Å². The number of fused-ring (bicyclic) bond motifs is 1. The number of para-hydroxylation sites is 1. The highest BCUT2D eigenvalue weighted by atomic mass is 32.1. The summed E-state index contributed by atoms with van der Waals surface area (Å²) in [5.41, 5.74) is 5.88. The van der Waals surface area contributed by atoms with Crippen molar-refractivity contribution < 1.29 is 19.0 Å². The van der Waals surface area contributed by atoms with Crippen LogP contribution in [0.15, 0.2) is 53.4 Å². The van der Waals surface area contributed by atoms with Gasteiger partial charge in [0.15, 0.2) is 0 Å². The Morgan fingerprint density at radius 2 is 1.97 bits per heavy atom. The van der Waals surface area contributed by atoms with Crippen LogP contribution >= 0.6 is 11.3 Å². The highest BCUT2D eigenvalue weighted by Crippen LogP contribution is 2.36. The number of rotatable bonds is 6. The van der Waals surface area contributed by atoms with Crippen LogP contribution in [0.1, 0.15) is 42.5 Å². The van der Waals surface area contributed by atoms with Crippen molar-refractivity contribution in [3.8, 4) is 16.9 Å². The van der Waals surface area contributed by atoms with Gasteiger partial charge in [-0.05, 0) is 68.5 Å². The van der Waals surface area contributed by atoms with E-state index in [1.54, 1.807) is 11.3 Å². The van der Waals surface area contributed by atoms with Gasteiger partial charge < -0.3 is 19.1 Å². The third kappa shape index (κ3) is 6.53. The number of methoxy groups -OCH3 is 1. The summed E-state index contributed by atoms with van der Waals surface area (Å²) in [6.07, 6.45) is 5.13. The number of aryl methyl sites for hydroxylation is 1. The number of thiazole rings is 1. The van der Waals surface area contributed by atoms with Gasteiger partial charge in [-0.2, -0.15) is 0 Å². The first-order valence-electron chi connectivity index (χ1n) is 12.5. The largest absolute Gasteiger partial charge is 0.493 e. The molecule has 36 heavy (non-hydrogen) atoms. The van der Waals surface area contributed by atoms with Gasteiger partial charge in [-0.25, -0.2) is 9.78 Å². The molecule has 0 saturated carbocycles. The number of aromatic nitrogens is 1. The summed E-state index contributed by atoms with van der Waals surface area (Å²) in [4.78, 5) is 19.3. The summed E-state index contributed by atoms with van der Waals surface area (Å²) in [5.74, 6) is 0.572. The molecule has 0 unspecified atom stereocenters. The highest BCUT2D eigenvalue weighted by molar-refractivity contribution is 7.09. The molecule has 0 aliphatic carbocycles. The molecule has 3 heterocycles. The fourth-order valence-corrected chi connectivity index (χ4v) is 4.99. The second-order valence-corrected chi connectivity index (χ2v) is 9.78. The Labute approximate surface area is 217 Å². The Morgan fingerprint density at radius 3 is 2.64 bits per heavy atom. The van der Waals surface area contributed by atoms with Crippen LogP contribution in [0.25, 0.3) is 17.2 Å². The van der Waals surface area contributed by atoms with E-state index >= 15 is 0 Å². The van der Waals surface area contributed by atoms with E-state index in [-0.39, 0.29) is 5.97 Å². The molecule has 190 valence electrons. The van der Waals surface area contributed by atoms with Crippen molar-refractivity contribution >= 4 is 29.1 Å². The summed E-state index contributed by atoms with van der Waals surface area (Å²) in [6, 6.07) is 14.4. The molecular weight excluding hydrogens is 472 g/mol. The molecule has 0 bridgehead atoms. The van der Waals surface area contributed by atoms with Crippen LogP contribution in [0.2, 0.25) is 0 Å². The number of carbonyl (C=O) groups excluding carboxylic acids is 1. The summed E-state index contributed by atoms with van der Waals surface area (Å²) >= 11 is 1.66. The first-order chi connectivity index (χ1) is 17.6. The molecule has 6 nitrogen and oxygen atoms in total. The number of ether oxygens (including phenoxy) is 3. The maximum Gasteiger partial charge on any atom is 0.333 e. The van der Waals surface area contributed by atoms with Crippen LogP contribution in [0.4, 0.5) is 5.69 Å². The van der Waals surface area contributed by atoms with Gasteiger partial charge in [-0.15, -0.1) is 11.3 Å². The molecule has 2 aliphatic rings. The summed E-state index contributed by atoms with van der Waals surface area (Å²) in [6.45, 7) is 8.03. The third-order valence-electron chi connectivity index (χ3n) is 6.14. The number of hydrogen-bond acceptors (Lipinski definition) is 7. The van der Waals surface area contributed by atoms with Crippen LogP contribution in [0.5, 0.6) is 5.75 Å². The fourth-order valence-electron chi connectivity index (χ4n) is 4.39. The Bertz CT molecular complexity index is 1190. The van der Waals surface area contributed by atoms with E-state index in [9.17, 15) is 4.79 Å². The van der Waals surface area contributed by atoms with Crippen molar-refractivity contribution in [1.82, 2.24) is 4.98 Å². The van der Waals surface area contributed by atoms with Gasteiger partial charge in [-0.3, -0.25) is 0 Å². The lowest BCUT2D eigenvalue weighted by Crippen LogP contribution is -2.24. The molecule has 1 fully saturated rings. The predicted molar refractivity (Wildman–Crippen MR) is 146 cm³/mol. The molecule has 1 aromatic heterocycles. The maximum atomic E-state index is 12.4. The van der Waals surface area contributed by atoms with Gasteiger partial charge in [0, 0.05) is 42.0 Å². The zero-order valence-corrected chi connectivity index (χ0v) is 22.1. The Kier molecular flexibility index (Phi) is 9.14. The molecule has 0 radical (unpaired) electrons. The van der Waals surface area contributed by atoms with Crippen LogP contribution < -0.4 is 9.64 Å². The second-order valence-electron chi connectivity index (χ2n) is 8.71. The molecule has 2 aromatic carbocycles. The van der Waals surface area contributed by atoms with Crippen molar-refractivity contribution in [3.05, 3.63) is 69.7 Å². The van der Waals surface area contributed by atoms with E-state index in [2.05, 4.69) is 39.5 Å². The van der Waals surface area contributed by atoms with Gasteiger partial charge in [0.1, 0.15) is 5.75 Å². The molecule has 5 rings (SSSR count). The number of hydrogen-bond donors (Lipinski definition) is 0. The third-order valence-corrected chi connectivity index (χ3v) is 6.96. The molecule has 0 atom stereocenters. The Morgan fingerprint density at radius 1 is 1.17 bits per heavy atom. The van der Waals surface area contributed by atoms with Crippen LogP contribution in [-0.4, -0.2) is 44.4 Å². The second kappa shape index (κ2) is 12.7. The van der Waals surface area contributed by atoms with E-state index < -0.39 is 0 Å². The van der Waals surface area contributed by atoms with E-state index in [0.717, 1.165) is 58.6 Å². The van der Waals surface area contributed by atoms with Crippen LogP contribution in [0.3, 0.4) is 0 Å². The SMILES string of the molecule is C1CCOC1.CCOc1ccccc1-c1ccc2c(c1)C=C(C(=O)OC)CCN2Cc1csc(C)n1. The normalized spacial score (nSPS) is 14.8. The highest BCUT2D eigenvalue weighted by Gasteiger charge is 2.21. The maximum absolute atomic E-state index is 12.4. The molecule has 7 heteroatoms. The minimum atomic E-state index is -0.280. The molecule has 0 spiro atoms. The number of benzene rings is 2. The van der Waals surface area contributed by atoms with Gasteiger partial charge in [-0.1, -0.05) is 24.3 Å². The van der Waals surface area contributed by atoms with Crippen molar-refractivity contribution in [1.29, 1.82) is 0 Å². The van der Waals surface area contributed by atoms with E-state index in [1.165, 1.54) is 20.0 Å². The lowest BCUT2D eigenvalue weighted by molar-refractivity contribution is -0.136. The lowest BCUT2D eigenvalue weighted by Gasteiger charge is -2.24. The van der Waals surface area contributed by atoms with E-state index in [1.807, 2.05) is 38.1 Å². The quantitative estimate of drug-likeness (QED) is 0.367.